The lowest BCUT2D eigenvalue weighted by Crippen LogP contribution is -2.19. The van der Waals surface area contributed by atoms with Gasteiger partial charge in [0.2, 0.25) is 5.91 Å². The number of thiazole rings is 1. The molecule has 0 aliphatic heterocycles. The van der Waals surface area contributed by atoms with E-state index in [0.29, 0.717) is 39.8 Å². The van der Waals surface area contributed by atoms with Crippen LogP contribution in [0.5, 0.6) is 5.75 Å². The number of hydrogen-bond acceptors (Lipinski definition) is 7. The van der Waals surface area contributed by atoms with E-state index in [9.17, 15) is 14.4 Å². The number of carbonyl (C=O) groups excluding carboxylic acids is 3. The minimum absolute atomic E-state index is 0.135. The maximum atomic E-state index is 12.4. The topological polar surface area (TPSA) is 119 Å². The van der Waals surface area contributed by atoms with Gasteiger partial charge in [0.25, 0.3) is 0 Å². The van der Waals surface area contributed by atoms with Gasteiger partial charge in [0.15, 0.2) is 5.13 Å². The molecule has 10 heteroatoms. The average Bonchev–Trinajstić information content (AvgIpc) is 3.15. The maximum absolute atomic E-state index is 12.4. The monoisotopic (exact) mass is 428 g/mol. The van der Waals surface area contributed by atoms with Gasteiger partial charge < -0.3 is 25.4 Å². The second kappa shape index (κ2) is 9.23. The summed E-state index contributed by atoms with van der Waals surface area (Å²) in [6.45, 7) is 1.76. The smallest absolute Gasteiger partial charge is 0.337 e. The first-order chi connectivity index (χ1) is 14.4. The molecule has 0 atom stereocenters. The fourth-order valence-corrected chi connectivity index (χ4v) is 3.53. The van der Waals surface area contributed by atoms with Crippen LogP contribution in [0.15, 0.2) is 36.4 Å². The third-order valence-electron chi connectivity index (χ3n) is 4.07. The number of urea groups is 1. The molecule has 156 valence electrons. The number of benzene rings is 2. The Hall–Kier alpha value is -3.66. The summed E-state index contributed by atoms with van der Waals surface area (Å²) in [5.74, 6) is -0.118. The Balaban J connectivity index is 1.75. The van der Waals surface area contributed by atoms with E-state index in [0.717, 1.165) is 4.70 Å². The Bertz CT molecular complexity index is 1090. The fraction of sp³-hybridized carbons (Fsp3) is 0.200. The van der Waals surface area contributed by atoms with E-state index in [4.69, 9.17) is 4.74 Å². The third-order valence-corrected chi connectivity index (χ3v) is 4.99. The number of methoxy groups -OCH3 is 2. The number of fused-ring (bicyclic) bond motifs is 1. The first-order valence-electron chi connectivity index (χ1n) is 8.98. The number of ether oxygens (including phenoxy) is 2. The molecule has 0 fully saturated rings. The lowest BCUT2D eigenvalue weighted by atomic mass is 10.2. The summed E-state index contributed by atoms with van der Waals surface area (Å²) >= 11 is 1.28. The van der Waals surface area contributed by atoms with Crippen LogP contribution in [0.25, 0.3) is 10.2 Å². The summed E-state index contributed by atoms with van der Waals surface area (Å²) < 4.78 is 10.8. The average molecular weight is 428 g/mol. The molecule has 0 saturated heterocycles. The number of nitrogens with zero attached hydrogens (tertiary/aromatic N) is 1. The van der Waals surface area contributed by atoms with Gasteiger partial charge in [-0.1, -0.05) is 18.3 Å². The number of esters is 1. The molecule has 1 heterocycles. The zero-order chi connectivity index (χ0) is 21.7. The Morgan fingerprint density at radius 1 is 1.00 bits per heavy atom. The summed E-state index contributed by atoms with van der Waals surface area (Å²) in [5, 5.41) is 8.61. The van der Waals surface area contributed by atoms with E-state index in [1.807, 2.05) is 0 Å². The van der Waals surface area contributed by atoms with Crippen LogP contribution in [0.1, 0.15) is 23.7 Å². The van der Waals surface area contributed by atoms with Gasteiger partial charge in [0.05, 0.1) is 24.5 Å². The number of rotatable bonds is 6. The molecule has 3 rings (SSSR count). The number of anilines is 3. The highest BCUT2D eigenvalue weighted by molar-refractivity contribution is 7.22. The Labute approximate surface area is 176 Å². The first kappa shape index (κ1) is 21.1. The SMILES string of the molecule is CCC(=O)Nc1nc2c(OC)cc(NC(=O)Nc3ccc(C(=O)OC)cc3)cc2s1. The lowest BCUT2D eigenvalue weighted by Gasteiger charge is -2.10. The highest BCUT2D eigenvalue weighted by Gasteiger charge is 2.14. The van der Waals surface area contributed by atoms with Gasteiger partial charge in [-0.2, -0.15) is 0 Å². The molecule has 2 aromatic carbocycles. The van der Waals surface area contributed by atoms with Crippen LogP contribution in [0.3, 0.4) is 0 Å². The van der Waals surface area contributed by atoms with Crippen molar-refractivity contribution in [1.82, 2.24) is 4.98 Å². The van der Waals surface area contributed by atoms with Crippen molar-refractivity contribution in [2.24, 2.45) is 0 Å². The molecular formula is C20H20N4O5S. The van der Waals surface area contributed by atoms with Gasteiger partial charge >= 0.3 is 12.0 Å². The predicted molar refractivity (Wildman–Crippen MR) is 116 cm³/mol. The van der Waals surface area contributed by atoms with Crippen molar-refractivity contribution in [3.8, 4) is 5.75 Å². The van der Waals surface area contributed by atoms with Crippen LogP contribution < -0.4 is 20.7 Å². The number of amides is 3. The van der Waals surface area contributed by atoms with E-state index in [-0.39, 0.29) is 5.91 Å². The second-order valence-corrected chi connectivity index (χ2v) is 7.12. The second-order valence-electron chi connectivity index (χ2n) is 6.09. The van der Waals surface area contributed by atoms with Crippen LogP contribution in [-0.4, -0.2) is 37.1 Å². The van der Waals surface area contributed by atoms with Crippen molar-refractivity contribution in [1.29, 1.82) is 0 Å². The predicted octanol–water partition coefficient (Wildman–Crippen LogP) is 4.08. The number of nitrogens with one attached hydrogen (secondary N) is 3. The summed E-state index contributed by atoms with van der Waals surface area (Å²) in [7, 11) is 2.81. The van der Waals surface area contributed by atoms with Crippen LogP contribution in [0, 0.1) is 0 Å². The molecule has 0 saturated carbocycles. The quantitative estimate of drug-likeness (QED) is 0.509. The third kappa shape index (κ3) is 4.84. The Morgan fingerprint density at radius 3 is 2.33 bits per heavy atom. The Kier molecular flexibility index (Phi) is 6.48. The highest BCUT2D eigenvalue weighted by Crippen LogP contribution is 2.35. The van der Waals surface area contributed by atoms with E-state index < -0.39 is 12.0 Å². The van der Waals surface area contributed by atoms with Crippen molar-refractivity contribution >= 4 is 56.0 Å². The minimum atomic E-state index is -0.466. The van der Waals surface area contributed by atoms with Crippen molar-refractivity contribution in [2.75, 3.05) is 30.2 Å². The molecule has 30 heavy (non-hydrogen) atoms. The Morgan fingerprint density at radius 2 is 1.70 bits per heavy atom. The summed E-state index contributed by atoms with van der Waals surface area (Å²) in [4.78, 5) is 39.8. The van der Waals surface area contributed by atoms with E-state index in [2.05, 4.69) is 25.7 Å². The van der Waals surface area contributed by atoms with Crippen LogP contribution in [-0.2, 0) is 9.53 Å². The van der Waals surface area contributed by atoms with Gasteiger partial charge in [-0.05, 0) is 30.3 Å². The van der Waals surface area contributed by atoms with Crippen molar-refractivity contribution in [3.63, 3.8) is 0 Å². The molecule has 1 aromatic heterocycles. The van der Waals surface area contributed by atoms with Crippen molar-refractivity contribution in [3.05, 3.63) is 42.0 Å². The molecule has 0 aliphatic rings. The summed E-state index contributed by atoms with van der Waals surface area (Å²) in [5.41, 5.74) is 1.99. The molecular weight excluding hydrogens is 408 g/mol. The van der Waals surface area contributed by atoms with Gasteiger partial charge in [-0.3, -0.25) is 4.79 Å². The summed E-state index contributed by atoms with van der Waals surface area (Å²) in [6, 6.07) is 9.24. The summed E-state index contributed by atoms with van der Waals surface area (Å²) in [6.07, 6.45) is 0.348. The normalized spacial score (nSPS) is 10.4. The molecule has 0 unspecified atom stereocenters. The molecule has 0 radical (unpaired) electrons. The van der Waals surface area contributed by atoms with Gasteiger partial charge in [-0.25, -0.2) is 14.6 Å². The van der Waals surface area contributed by atoms with Crippen LogP contribution >= 0.6 is 11.3 Å². The van der Waals surface area contributed by atoms with Crippen LogP contribution in [0.2, 0.25) is 0 Å². The van der Waals surface area contributed by atoms with Crippen LogP contribution in [0.4, 0.5) is 21.3 Å². The lowest BCUT2D eigenvalue weighted by molar-refractivity contribution is -0.115. The molecule has 0 aliphatic carbocycles. The first-order valence-corrected chi connectivity index (χ1v) is 9.80. The zero-order valence-corrected chi connectivity index (χ0v) is 17.4. The molecule has 9 nitrogen and oxygen atoms in total. The van der Waals surface area contributed by atoms with Crippen molar-refractivity contribution in [2.45, 2.75) is 13.3 Å². The minimum Gasteiger partial charge on any atom is -0.494 e. The molecule has 3 amide bonds. The zero-order valence-electron chi connectivity index (χ0n) is 16.6. The maximum Gasteiger partial charge on any atom is 0.337 e. The number of aromatic nitrogens is 1. The van der Waals surface area contributed by atoms with Crippen molar-refractivity contribution < 1.29 is 23.9 Å². The van der Waals surface area contributed by atoms with Gasteiger partial charge in [0, 0.05) is 23.9 Å². The highest BCUT2D eigenvalue weighted by atomic mass is 32.1. The van der Waals surface area contributed by atoms with E-state index >= 15 is 0 Å². The molecule has 3 aromatic rings. The van der Waals surface area contributed by atoms with E-state index in [1.165, 1.54) is 25.6 Å². The number of carbonyl (C=O) groups is 3. The van der Waals surface area contributed by atoms with E-state index in [1.54, 1.807) is 43.3 Å². The standard InChI is InChI=1S/C20H20N4O5S/c1-4-16(25)23-20-24-17-14(28-2)9-13(10-15(17)30-20)22-19(27)21-12-7-5-11(6-8-12)18(26)29-3/h5-10H,4H2,1-3H3,(H2,21,22,27)(H,23,24,25). The van der Waals surface area contributed by atoms with Gasteiger partial charge in [0.1, 0.15) is 11.3 Å². The molecule has 0 bridgehead atoms. The van der Waals surface area contributed by atoms with Gasteiger partial charge in [-0.15, -0.1) is 0 Å². The number of hydrogen-bond donors (Lipinski definition) is 3. The largest absolute Gasteiger partial charge is 0.494 e. The fourth-order valence-electron chi connectivity index (χ4n) is 2.59. The molecule has 3 N–H and O–H groups in total. The molecule has 0 spiro atoms.